The highest BCUT2D eigenvalue weighted by molar-refractivity contribution is 4.82. The predicted molar refractivity (Wildman–Crippen MR) is 71.2 cm³/mol. The van der Waals surface area contributed by atoms with Gasteiger partial charge in [0.15, 0.2) is 0 Å². The Hall–Kier alpha value is -0.120. The van der Waals surface area contributed by atoms with Crippen LogP contribution in [0.4, 0.5) is 0 Å². The molecular formula is C14H29NO2. The Morgan fingerprint density at radius 2 is 1.94 bits per heavy atom. The number of hydrogen-bond donors (Lipinski definition) is 1. The van der Waals surface area contributed by atoms with E-state index < -0.39 is 5.60 Å². The quantitative estimate of drug-likeness (QED) is 0.745. The van der Waals surface area contributed by atoms with Crippen molar-refractivity contribution in [1.82, 2.24) is 4.90 Å². The van der Waals surface area contributed by atoms with Crippen molar-refractivity contribution in [1.29, 1.82) is 0 Å². The molecule has 3 nitrogen and oxygen atoms in total. The van der Waals surface area contributed by atoms with E-state index >= 15 is 0 Å². The summed E-state index contributed by atoms with van der Waals surface area (Å²) in [5.74, 6) is 0. The summed E-state index contributed by atoms with van der Waals surface area (Å²) in [5.41, 5.74) is -0.435. The van der Waals surface area contributed by atoms with Gasteiger partial charge in [-0.25, -0.2) is 0 Å². The Morgan fingerprint density at radius 3 is 2.41 bits per heavy atom. The zero-order valence-electron chi connectivity index (χ0n) is 11.9. The third kappa shape index (κ3) is 4.23. The van der Waals surface area contributed by atoms with Crippen molar-refractivity contribution in [2.24, 2.45) is 0 Å². The maximum absolute atomic E-state index is 10.1. The first-order chi connectivity index (χ1) is 8.01. The molecule has 1 atom stereocenters. The second-order valence-electron chi connectivity index (χ2n) is 5.68. The van der Waals surface area contributed by atoms with Crippen LogP contribution in [0.15, 0.2) is 0 Å². The molecule has 0 radical (unpaired) electrons. The first-order valence-corrected chi connectivity index (χ1v) is 6.98. The minimum atomic E-state index is -0.435. The molecule has 0 heterocycles. The van der Waals surface area contributed by atoms with Gasteiger partial charge in [-0.3, -0.25) is 0 Å². The van der Waals surface area contributed by atoms with E-state index in [1.54, 1.807) is 7.11 Å². The summed E-state index contributed by atoms with van der Waals surface area (Å²) in [6.45, 7) is 8.18. The Kier molecular flexibility index (Phi) is 5.90. The highest BCUT2D eigenvalue weighted by Crippen LogP contribution is 2.24. The van der Waals surface area contributed by atoms with Crippen molar-refractivity contribution in [3.63, 3.8) is 0 Å². The van der Waals surface area contributed by atoms with Gasteiger partial charge in [-0.2, -0.15) is 0 Å². The van der Waals surface area contributed by atoms with E-state index in [-0.39, 0.29) is 6.10 Å². The first-order valence-electron chi connectivity index (χ1n) is 6.98. The molecule has 102 valence electrons. The lowest BCUT2D eigenvalue weighted by Gasteiger charge is -2.33. The maximum Gasteiger partial charge on any atom is 0.0880 e. The smallest absolute Gasteiger partial charge is 0.0880 e. The van der Waals surface area contributed by atoms with Crippen molar-refractivity contribution in [3.05, 3.63) is 0 Å². The largest absolute Gasteiger partial charge is 0.390 e. The van der Waals surface area contributed by atoms with Crippen LogP contribution in [-0.4, -0.2) is 48.0 Å². The maximum atomic E-state index is 10.1. The van der Waals surface area contributed by atoms with Crippen molar-refractivity contribution in [2.75, 3.05) is 20.2 Å². The third-order valence-electron chi connectivity index (χ3n) is 4.27. The number of aliphatic hydroxyl groups is 1. The first kappa shape index (κ1) is 14.9. The molecule has 0 amide bonds. The van der Waals surface area contributed by atoms with E-state index in [1.165, 1.54) is 25.7 Å². The number of ether oxygens (including phenoxy) is 1. The van der Waals surface area contributed by atoms with Crippen LogP contribution in [0, 0.1) is 0 Å². The van der Waals surface area contributed by atoms with Gasteiger partial charge in [0.2, 0.25) is 0 Å². The lowest BCUT2D eigenvalue weighted by molar-refractivity contribution is -0.0830. The summed E-state index contributed by atoms with van der Waals surface area (Å²) in [4.78, 5) is 2.52. The van der Waals surface area contributed by atoms with Crippen molar-refractivity contribution < 1.29 is 9.84 Å². The summed E-state index contributed by atoms with van der Waals surface area (Å²) in [5, 5.41) is 10.1. The van der Waals surface area contributed by atoms with E-state index in [1.807, 2.05) is 13.8 Å². The number of nitrogens with zero attached hydrogens (tertiary/aromatic N) is 1. The summed E-state index contributed by atoms with van der Waals surface area (Å²) in [6.07, 6.45) is 5.81. The monoisotopic (exact) mass is 243 g/mol. The van der Waals surface area contributed by atoms with Gasteiger partial charge in [0.1, 0.15) is 0 Å². The van der Waals surface area contributed by atoms with E-state index in [9.17, 15) is 5.11 Å². The van der Waals surface area contributed by atoms with Crippen LogP contribution < -0.4 is 0 Å². The normalized spacial score (nSPS) is 20.1. The minimum Gasteiger partial charge on any atom is -0.390 e. The number of methoxy groups -OCH3 is 1. The number of aliphatic hydroxyl groups excluding tert-OH is 1. The molecule has 3 heteroatoms. The van der Waals surface area contributed by atoms with Crippen molar-refractivity contribution >= 4 is 0 Å². The number of rotatable bonds is 7. The van der Waals surface area contributed by atoms with E-state index in [4.69, 9.17) is 4.74 Å². The fourth-order valence-corrected chi connectivity index (χ4v) is 2.64. The van der Waals surface area contributed by atoms with Gasteiger partial charge in [-0.1, -0.05) is 19.8 Å². The lowest BCUT2D eigenvalue weighted by atomic mass is 9.98. The Bertz CT molecular complexity index is 212. The van der Waals surface area contributed by atoms with Crippen LogP contribution in [0.1, 0.15) is 52.9 Å². The summed E-state index contributed by atoms with van der Waals surface area (Å²) in [6, 6.07) is 0.748. The standard InChI is InChI=1S/C14H29NO2/c1-5-15(12-8-6-7-9-12)11-10-13(16)14(2,3)17-4/h12-13,16H,5-11H2,1-4H3. The van der Waals surface area contributed by atoms with E-state index in [0.717, 1.165) is 25.6 Å². The fraction of sp³-hybridized carbons (Fsp3) is 1.00. The average molecular weight is 243 g/mol. The van der Waals surface area contributed by atoms with E-state index in [0.29, 0.717) is 0 Å². The zero-order valence-corrected chi connectivity index (χ0v) is 11.9. The Balaban J connectivity index is 2.36. The van der Waals surface area contributed by atoms with Gasteiger partial charge >= 0.3 is 0 Å². The Labute approximate surface area is 106 Å². The molecule has 1 aliphatic rings. The van der Waals surface area contributed by atoms with Crippen molar-refractivity contribution in [3.8, 4) is 0 Å². The Morgan fingerprint density at radius 1 is 1.35 bits per heavy atom. The zero-order chi connectivity index (χ0) is 12.9. The summed E-state index contributed by atoms with van der Waals surface area (Å²) < 4.78 is 5.32. The van der Waals surface area contributed by atoms with Gasteiger partial charge in [0.05, 0.1) is 11.7 Å². The van der Waals surface area contributed by atoms with Crippen LogP contribution in [0.2, 0.25) is 0 Å². The SMILES string of the molecule is CCN(CCC(O)C(C)(C)OC)C1CCCC1. The lowest BCUT2D eigenvalue weighted by Crippen LogP contribution is -2.42. The second kappa shape index (κ2) is 6.72. The molecule has 1 N–H and O–H groups in total. The van der Waals surface area contributed by atoms with Gasteiger partial charge < -0.3 is 14.7 Å². The fourth-order valence-electron chi connectivity index (χ4n) is 2.64. The van der Waals surface area contributed by atoms with Crippen LogP contribution in [0.3, 0.4) is 0 Å². The molecule has 0 aliphatic heterocycles. The van der Waals surface area contributed by atoms with Gasteiger partial charge in [0, 0.05) is 19.7 Å². The molecule has 0 aromatic carbocycles. The van der Waals surface area contributed by atoms with Gasteiger partial charge in [0.25, 0.3) is 0 Å². The molecule has 0 aromatic heterocycles. The predicted octanol–water partition coefficient (Wildman–Crippen LogP) is 2.43. The van der Waals surface area contributed by atoms with Crippen LogP contribution >= 0.6 is 0 Å². The third-order valence-corrected chi connectivity index (χ3v) is 4.27. The van der Waals surface area contributed by atoms with Crippen LogP contribution in [0.25, 0.3) is 0 Å². The summed E-state index contributed by atoms with van der Waals surface area (Å²) in [7, 11) is 1.66. The molecule has 0 spiro atoms. The minimum absolute atomic E-state index is 0.386. The van der Waals surface area contributed by atoms with E-state index in [2.05, 4.69) is 11.8 Å². The highest BCUT2D eigenvalue weighted by atomic mass is 16.5. The number of hydrogen-bond acceptors (Lipinski definition) is 3. The topological polar surface area (TPSA) is 32.7 Å². The molecule has 0 saturated heterocycles. The molecule has 1 unspecified atom stereocenters. The second-order valence-corrected chi connectivity index (χ2v) is 5.68. The highest BCUT2D eigenvalue weighted by Gasteiger charge is 2.28. The molecule has 17 heavy (non-hydrogen) atoms. The molecule has 0 aromatic rings. The van der Waals surface area contributed by atoms with Crippen molar-refractivity contribution in [2.45, 2.75) is 70.6 Å². The molecule has 0 bridgehead atoms. The van der Waals surface area contributed by atoms with Crippen LogP contribution in [0.5, 0.6) is 0 Å². The molecule has 1 aliphatic carbocycles. The molecule has 1 rings (SSSR count). The summed E-state index contributed by atoms with van der Waals surface area (Å²) >= 11 is 0. The van der Waals surface area contributed by atoms with Gasteiger partial charge in [-0.05, 0) is 39.7 Å². The average Bonchev–Trinajstić information content (AvgIpc) is 2.83. The molecule has 1 fully saturated rings. The molecular weight excluding hydrogens is 214 g/mol. The van der Waals surface area contributed by atoms with Crippen LogP contribution in [-0.2, 0) is 4.74 Å². The van der Waals surface area contributed by atoms with Gasteiger partial charge in [-0.15, -0.1) is 0 Å². The molecule has 1 saturated carbocycles.